The summed E-state index contributed by atoms with van der Waals surface area (Å²) in [5.41, 5.74) is 1.06. The van der Waals surface area contributed by atoms with E-state index in [1.165, 1.54) is 18.5 Å². The van der Waals surface area contributed by atoms with E-state index in [1.807, 2.05) is 0 Å². The van der Waals surface area contributed by atoms with Crippen molar-refractivity contribution < 1.29 is 27.8 Å². The van der Waals surface area contributed by atoms with Crippen LogP contribution in [0.2, 0.25) is 0 Å². The molecule has 0 unspecified atom stereocenters. The maximum Gasteiger partial charge on any atom is 0.248 e. The average molecular weight is 492 g/mol. The fourth-order valence-electron chi connectivity index (χ4n) is 4.23. The first-order valence-electron chi connectivity index (χ1n) is 11.2. The number of pyridine rings is 1. The molecule has 2 aromatic rings. The second kappa shape index (κ2) is 10.8. The number of nitrogens with zero attached hydrogens (tertiary/aromatic N) is 3. The molecule has 9 nitrogen and oxygen atoms in total. The summed E-state index contributed by atoms with van der Waals surface area (Å²) in [5.74, 6) is 0.430. The lowest BCUT2D eigenvalue weighted by molar-refractivity contribution is -0.140. The zero-order valence-electron chi connectivity index (χ0n) is 20.2. The second-order valence-electron chi connectivity index (χ2n) is 8.62. The van der Waals surface area contributed by atoms with Gasteiger partial charge in [0.2, 0.25) is 15.9 Å². The lowest BCUT2D eigenvalue weighted by Crippen LogP contribution is -2.46. The third-order valence-corrected chi connectivity index (χ3v) is 8.44. The Balaban J connectivity index is 1.48. The van der Waals surface area contributed by atoms with Gasteiger partial charge in [0.05, 0.1) is 24.2 Å². The summed E-state index contributed by atoms with van der Waals surface area (Å²) in [4.78, 5) is 18.4. The van der Waals surface area contributed by atoms with Crippen molar-refractivity contribution in [3.8, 4) is 5.75 Å². The predicted molar refractivity (Wildman–Crippen MR) is 127 cm³/mol. The number of aliphatic hydroxyl groups is 1. The molecule has 1 saturated heterocycles. The van der Waals surface area contributed by atoms with Crippen molar-refractivity contribution in [3.63, 3.8) is 0 Å². The molecule has 0 bridgehead atoms. The van der Waals surface area contributed by atoms with Crippen molar-refractivity contribution >= 4 is 15.9 Å². The summed E-state index contributed by atoms with van der Waals surface area (Å²) in [6.07, 6.45) is 4.16. The molecule has 0 atom stereocenters. The number of likely N-dealkylation sites (tertiary alicyclic amines) is 1. The number of sulfonamides is 1. The maximum atomic E-state index is 13.1. The van der Waals surface area contributed by atoms with E-state index < -0.39 is 15.6 Å². The van der Waals surface area contributed by atoms with Gasteiger partial charge >= 0.3 is 0 Å². The van der Waals surface area contributed by atoms with Gasteiger partial charge in [-0.3, -0.25) is 9.78 Å². The molecule has 186 valence electrons. The number of likely N-dealkylation sites (N-methyl/N-ethyl adjacent to an activating group) is 1. The highest BCUT2D eigenvalue weighted by Gasteiger charge is 2.35. The van der Waals surface area contributed by atoms with E-state index >= 15 is 0 Å². The molecule has 3 rings (SSSR count). The lowest BCUT2D eigenvalue weighted by Gasteiger charge is -2.38. The molecule has 2 heterocycles. The van der Waals surface area contributed by atoms with E-state index in [0.29, 0.717) is 42.8 Å². The maximum absolute atomic E-state index is 13.1. The van der Waals surface area contributed by atoms with Crippen LogP contribution in [0.15, 0.2) is 41.6 Å². The molecule has 0 aliphatic carbocycles. The Hall–Kier alpha value is -2.53. The van der Waals surface area contributed by atoms with Gasteiger partial charge in [0.1, 0.15) is 12.4 Å². The third kappa shape index (κ3) is 5.75. The normalized spacial score (nSPS) is 16.0. The second-order valence-corrected chi connectivity index (χ2v) is 10.6. The highest BCUT2D eigenvalue weighted by Crippen LogP contribution is 2.32. The van der Waals surface area contributed by atoms with Crippen LogP contribution in [0.25, 0.3) is 0 Å². The standard InChI is InChI=1S/C24H33N3O6S/c1-18-15-21(32-4)16-19(2)23(18)34(30,31)26(3)13-14-33-17-22(28)27-11-7-24(29,8-12-27)20-5-9-25-10-6-20/h5-6,9-10,15-16,29H,7-8,11-14,17H2,1-4H3. The minimum Gasteiger partial charge on any atom is -0.497 e. The van der Waals surface area contributed by atoms with Crippen LogP contribution in [-0.2, 0) is 25.2 Å². The first kappa shape index (κ1) is 26.1. The number of amides is 1. The zero-order valence-corrected chi connectivity index (χ0v) is 21.0. The Labute approximate surface area is 201 Å². The van der Waals surface area contributed by atoms with Gasteiger partial charge in [0, 0.05) is 39.1 Å². The van der Waals surface area contributed by atoms with Gasteiger partial charge in [-0.15, -0.1) is 0 Å². The van der Waals surface area contributed by atoms with Gasteiger partial charge in [-0.2, -0.15) is 4.31 Å². The fourth-order valence-corrected chi connectivity index (χ4v) is 5.79. The average Bonchev–Trinajstić information content (AvgIpc) is 2.81. The summed E-state index contributed by atoms with van der Waals surface area (Å²) in [6, 6.07) is 6.97. The molecule has 0 saturated carbocycles. The quantitative estimate of drug-likeness (QED) is 0.533. The minimum absolute atomic E-state index is 0.0878. The van der Waals surface area contributed by atoms with Crippen LogP contribution in [0.1, 0.15) is 29.5 Å². The van der Waals surface area contributed by atoms with Gasteiger partial charge < -0.3 is 19.5 Å². The Kier molecular flexibility index (Phi) is 8.29. The molecule has 1 aliphatic rings. The van der Waals surface area contributed by atoms with E-state index in [-0.39, 0.29) is 30.6 Å². The number of hydrogen-bond acceptors (Lipinski definition) is 7. The molecule has 1 aromatic carbocycles. The Morgan fingerprint density at radius 2 is 1.76 bits per heavy atom. The summed E-state index contributed by atoms with van der Waals surface area (Å²) in [7, 11) is -0.681. The summed E-state index contributed by atoms with van der Waals surface area (Å²) >= 11 is 0. The number of ether oxygens (including phenoxy) is 2. The van der Waals surface area contributed by atoms with E-state index in [0.717, 1.165) is 5.56 Å². The molecular formula is C24H33N3O6S. The fraction of sp³-hybridized carbons (Fsp3) is 0.500. The largest absolute Gasteiger partial charge is 0.497 e. The first-order chi connectivity index (χ1) is 16.1. The van der Waals surface area contributed by atoms with Gasteiger partial charge in [-0.05, 0) is 67.6 Å². The number of methoxy groups -OCH3 is 1. The number of piperidine rings is 1. The van der Waals surface area contributed by atoms with E-state index in [4.69, 9.17) is 9.47 Å². The Morgan fingerprint density at radius 1 is 1.18 bits per heavy atom. The van der Waals surface area contributed by atoms with Crippen LogP contribution in [0.5, 0.6) is 5.75 Å². The van der Waals surface area contributed by atoms with Crippen molar-refractivity contribution in [2.45, 2.75) is 37.2 Å². The van der Waals surface area contributed by atoms with Crippen LogP contribution in [0.4, 0.5) is 0 Å². The van der Waals surface area contributed by atoms with Crippen LogP contribution in [0.3, 0.4) is 0 Å². The van der Waals surface area contributed by atoms with E-state index in [1.54, 1.807) is 55.4 Å². The van der Waals surface area contributed by atoms with Crippen LogP contribution in [-0.4, -0.2) is 80.6 Å². The minimum atomic E-state index is -3.72. The van der Waals surface area contributed by atoms with E-state index in [2.05, 4.69) is 4.98 Å². The molecular weight excluding hydrogens is 458 g/mol. The molecule has 1 aromatic heterocycles. The molecule has 0 spiro atoms. The Morgan fingerprint density at radius 3 is 2.32 bits per heavy atom. The number of carbonyl (C=O) groups excluding carboxylic acids is 1. The van der Waals surface area contributed by atoms with Gasteiger partial charge in [0.15, 0.2) is 0 Å². The van der Waals surface area contributed by atoms with Crippen molar-refractivity contribution in [2.24, 2.45) is 0 Å². The van der Waals surface area contributed by atoms with Crippen LogP contribution < -0.4 is 4.74 Å². The molecule has 34 heavy (non-hydrogen) atoms. The zero-order chi connectivity index (χ0) is 24.9. The molecule has 1 amide bonds. The van der Waals surface area contributed by atoms with Gasteiger partial charge in [-0.1, -0.05) is 0 Å². The smallest absolute Gasteiger partial charge is 0.248 e. The number of hydrogen-bond donors (Lipinski definition) is 1. The third-order valence-electron chi connectivity index (χ3n) is 6.27. The van der Waals surface area contributed by atoms with E-state index in [9.17, 15) is 18.3 Å². The van der Waals surface area contributed by atoms with Crippen molar-refractivity contribution in [1.29, 1.82) is 0 Å². The number of aromatic nitrogens is 1. The summed E-state index contributed by atoms with van der Waals surface area (Å²) in [6.45, 7) is 4.38. The predicted octanol–water partition coefficient (Wildman–Crippen LogP) is 1.85. The topological polar surface area (TPSA) is 109 Å². The molecule has 0 radical (unpaired) electrons. The van der Waals surface area contributed by atoms with Crippen molar-refractivity contribution in [2.75, 3.05) is 47.0 Å². The lowest BCUT2D eigenvalue weighted by atomic mass is 9.85. The monoisotopic (exact) mass is 491 g/mol. The Bertz CT molecular complexity index is 1080. The highest BCUT2D eigenvalue weighted by molar-refractivity contribution is 7.89. The molecule has 10 heteroatoms. The summed E-state index contributed by atoms with van der Waals surface area (Å²) < 4.78 is 38.0. The number of rotatable bonds is 9. The summed E-state index contributed by atoms with van der Waals surface area (Å²) in [5, 5.41) is 10.9. The molecule has 1 fully saturated rings. The van der Waals surface area contributed by atoms with Gasteiger partial charge in [-0.25, -0.2) is 8.42 Å². The number of benzene rings is 1. The van der Waals surface area contributed by atoms with Crippen LogP contribution in [0, 0.1) is 13.8 Å². The molecule has 1 N–H and O–H groups in total. The number of aryl methyl sites for hydroxylation is 2. The SMILES string of the molecule is COc1cc(C)c(S(=O)(=O)N(C)CCOCC(=O)N2CCC(O)(c3ccncc3)CC2)c(C)c1. The first-order valence-corrected chi connectivity index (χ1v) is 12.6. The highest BCUT2D eigenvalue weighted by atomic mass is 32.2. The van der Waals surface area contributed by atoms with Crippen LogP contribution >= 0.6 is 0 Å². The van der Waals surface area contributed by atoms with Crippen molar-refractivity contribution in [1.82, 2.24) is 14.2 Å². The van der Waals surface area contributed by atoms with Gasteiger partial charge in [0.25, 0.3) is 0 Å². The van der Waals surface area contributed by atoms with Crippen molar-refractivity contribution in [3.05, 3.63) is 53.3 Å². The molecule has 1 aliphatic heterocycles. The number of carbonyl (C=O) groups is 1.